The van der Waals surface area contributed by atoms with E-state index < -0.39 is 0 Å². The summed E-state index contributed by atoms with van der Waals surface area (Å²) in [5.74, 6) is 0. The molecule has 1 heterocycles. The van der Waals surface area contributed by atoms with Crippen LogP contribution in [0.25, 0.3) is 0 Å². The molecule has 3 rings (SSSR count). The van der Waals surface area contributed by atoms with Crippen molar-refractivity contribution in [2.24, 2.45) is 0 Å². The standard InChI is InChI=1S/C20H31N3O/c1-18(2)12-16(13-19(3,4)23-18)22-17(24)21-14-20(10-11-20)15-8-6-5-7-9-15/h5-9,16,23H,10-14H2,1-4H3,(H2,21,22,24). The second-order valence-electron chi connectivity index (χ2n) is 8.97. The Labute approximate surface area is 145 Å². The fraction of sp³-hybridized carbons (Fsp3) is 0.650. The van der Waals surface area contributed by atoms with E-state index in [9.17, 15) is 4.79 Å². The largest absolute Gasteiger partial charge is 0.337 e. The van der Waals surface area contributed by atoms with Crippen molar-refractivity contribution in [3.05, 3.63) is 35.9 Å². The summed E-state index contributed by atoms with van der Waals surface area (Å²) in [6, 6.07) is 10.7. The van der Waals surface area contributed by atoms with Crippen LogP contribution in [0.15, 0.2) is 30.3 Å². The number of amides is 2. The zero-order chi connectivity index (χ0) is 17.4. The van der Waals surface area contributed by atoms with Gasteiger partial charge in [-0.05, 0) is 58.9 Å². The van der Waals surface area contributed by atoms with Gasteiger partial charge in [-0.3, -0.25) is 0 Å². The third kappa shape index (κ3) is 4.10. The monoisotopic (exact) mass is 329 g/mol. The summed E-state index contributed by atoms with van der Waals surface area (Å²) in [7, 11) is 0. The van der Waals surface area contributed by atoms with E-state index in [2.05, 4.69) is 67.9 Å². The van der Waals surface area contributed by atoms with Gasteiger partial charge in [0.05, 0.1) is 0 Å². The SMILES string of the molecule is CC1(C)CC(NC(=O)NCC2(c3ccccc3)CC2)CC(C)(C)N1. The van der Waals surface area contributed by atoms with E-state index in [0.29, 0.717) is 0 Å². The van der Waals surface area contributed by atoms with Gasteiger partial charge in [0.25, 0.3) is 0 Å². The van der Waals surface area contributed by atoms with Crippen molar-refractivity contribution >= 4 is 6.03 Å². The average molecular weight is 329 g/mol. The van der Waals surface area contributed by atoms with Gasteiger partial charge in [-0.1, -0.05) is 30.3 Å². The van der Waals surface area contributed by atoms with Crippen molar-refractivity contribution in [2.45, 2.75) is 75.9 Å². The van der Waals surface area contributed by atoms with Gasteiger partial charge in [0, 0.05) is 29.1 Å². The van der Waals surface area contributed by atoms with Gasteiger partial charge < -0.3 is 16.0 Å². The normalized spacial score (nSPS) is 24.2. The van der Waals surface area contributed by atoms with Crippen molar-refractivity contribution in [2.75, 3.05) is 6.54 Å². The first-order valence-electron chi connectivity index (χ1n) is 9.09. The molecule has 2 amide bonds. The summed E-state index contributed by atoms with van der Waals surface area (Å²) in [5, 5.41) is 9.96. The summed E-state index contributed by atoms with van der Waals surface area (Å²) < 4.78 is 0. The van der Waals surface area contributed by atoms with Crippen molar-refractivity contribution in [1.29, 1.82) is 0 Å². The van der Waals surface area contributed by atoms with Crippen molar-refractivity contribution in [3.63, 3.8) is 0 Å². The lowest BCUT2D eigenvalue weighted by Crippen LogP contribution is -2.62. The number of hydrogen-bond acceptors (Lipinski definition) is 2. The first-order chi connectivity index (χ1) is 11.2. The van der Waals surface area contributed by atoms with Crippen LogP contribution in [0.1, 0.15) is 58.9 Å². The van der Waals surface area contributed by atoms with Crippen LogP contribution in [0.3, 0.4) is 0 Å². The fourth-order valence-electron chi connectivity index (χ4n) is 4.42. The molecular formula is C20H31N3O. The van der Waals surface area contributed by atoms with Crippen LogP contribution >= 0.6 is 0 Å². The lowest BCUT2D eigenvalue weighted by atomic mass is 9.80. The molecule has 0 bridgehead atoms. The number of urea groups is 1. The molecule has 2 aliphatic rings. The molecule has 0 spiro atoms. The van der Waals surface area contributed by atoms with Crippen LogP contribution in [0.5, 0.6) is 0 Å². The maximum Gasteiger partial charge on any atom is 0.315 e. The molecule has 1 saturated carbocycles. The van der Waals surface area contributed by atoms with Crippen molar-refractivity contribution in [1.82, 2.24) is 16.0 Å². The van der Waals surface area contributed by atoms with Gasteiger partial charge in [-0.15, -0.1) is 0 Å². The molecule has 3 N–H and O–H groups in total. The summed E-state index contributed by atoms with van der Waals surface area (Å²) in [5.41, 5.74) is 1.59. The minimum atomic E-state index is -0.0318. The Hall–Kier alpha value is -1.55. The Morgan fingerprint density at radius 3 is 2.21 bits per heavy atom. The number of carbonyl (C=O) groups is 1. The highest BCUT2D eigenvalue weighted by Gasteiger charge is 2.44. The molecule has 1 aromatic rings. The zero-order valence-corrected chi connectivity index (χ0v) is 15.4. The van der Waals surface area contributed by atoms with Crippen molar-refractivity contribution in [3.8, 4) is 0 Å². The third-order valence-electron chi connectivity index (χ3n) is 5.35. The number of hydrogen-bond donors (Lipinski definition) is 3. The maximum atomic E-state index is 12.4. The zero-order valence-electron chi connectivity index (χ0n) is 15.4. The van der Waals surface area contributed by atoms with Gasteiger partial charge in [0.15, 0.2) is 0 Å². The molecule has 132 valence electrons. The minimum absolute atomic E-state index is 0.0318. The van der Waals surface area contributed by atoms with Gasteiger partial charge in [0.1, 0.15) is 0 Å². The fourth-order valence-corrected chi connectivity index (χ4v) is 4.42. The first-order valence-corrected chi connectivity index (χ1v) is 9.09. The van der Waals surface area contributed by atoms with E-state index in [4.69, 9.17) is 0 Å². The van der Waals surface area contributed by atoms with Crippen LogP contribution in [0.2, 0.25) is 0 Å². The quantitative estimate of drug-likeness (QED) is 0.794. The molecule has 0 atom stereocenters. The maximum absolute atomic E-state index is 12.4. The summed E-state index contributed by atoms with van der Waals surface area (Å²) in [6.45, 7) is 9.54. The van der Waals surface area contributed by atoms with Crippen molar-refractivity contribution < 1.29 is 4.79 Å². The Morgan fingerprint density at radius 2 is 1.67 bits per heavy atom. The number of piperidine rings is 1. The van der Waals surface area contributed by atoms with Crippen LogP contribution in [0.4, 0.5) is 4.79 Å². The van der Waals surface area contributed by atoms with Gasteiger partial charge in [0.2, 0.25) is 0 Å². The van der Waals surface area contributed by atoms with Gasteiger partial charge in [-0.2, -0.15) is 0 Å². The lowest BCUT2D eigenvalue weighted by molar-refractivity contribution is 0.147. The second-order valence-corrected chi connectivity index (χ2v) is 8.97. The van der Waals surface area contributed by atoms with Crippen LogP contribution < -0.4 is 16.0 Å². The molecule has 4 nitrogen and oxygen atoms in total. The molecule has 0 radical (unpaired) electrons. The molecule has 0 unspecified atom stereocenters. The van der Waals surface area contributed by atoms with Crippen LogP contribution in [0, 0.1) is 0 Å². The third-order valence-corrected chi connectivity index (χ3v) is 5.35. The van der Waals surface area contributed by atoms with E-state index in [1.807, 2.05) is 6.07 Å². The highest BCUT2D eigenvalue weighted by atomic mass is 16.2. The first kappa shape index (κ1) is 17.3. The summed E-state index contributed by atoms with van der Waals surface area (Å²) in [4.78, 5) is 12.4. The predicted octanol–water partition coefficient (Wildman–Crippen LogP) is 3.33. The number of carbonyl (C=O) groups excluding carboxylic acids is 1. The molecule has 2 fully saturated rings. The minimum Gasteiger partial charge on any atom is -0.337 e. The molecule has 0 aromatic heterocycles. The molecule has 4 heteroatoms. The molecular weight excluding hydrogens is 298 g/mol. The highest BCUT2D eigenvalue weighted by molar-refractivity contribution is 5.74. The van der Waals surface area contributed by atoms with E-state index in [1.165, 1.54) is 5.56 Å². The number of rotatable bonds is 4. The second kappa shape index (κ2) is 6.07. The van der Waals surface area contributed by atoms with Crippen LogP contribution in [-0.2, 0) is 5.41 Å². The Balaban J connectivity index is 1.53. The topological polar surface area (TPSA) is 53.2 Å². The van der Waals surface area contributed by atoms with Crippen LogP contribution in [-0.4, -0.2) is 29.7 Å². The highest BCUT2D eigenvalue weighted by Crippen LogP contribution is 2.47. The Kier molecular flexibility index (Phi) is 4.37. The van der Waals surface area contributed by atoms with E-state index in [0.717, 1.165) is 32.2 Å². The average Bonchev–Trinajstić information content (AvgIpc) is 3.24. The van der Waals surface area contributed by atoms with E-state index >= 15 is 0 Å². The number of nitrogens with one attached hydrogen (secondary N) is 3. The summed E-state index contributed by atoms with van der Waals surface area (Å²) >= 11 is 0. The Bertz CT molecular complexity index is 574. The molecule has 1 aliphatic carbocycles. The number of benzene rings is 1. The molecule has 1 aliphatic heterocycles. The lowest BCUT2D eigenvalue weighted by Gasteiger charge is -2.46. The van der Waals surface area contributed by atoms with Gasteiger partial charge >= 0.3 is 6.03 Å². The Morgan fingerprint density at radius 1 is 1.08 bits per heavy atom. The smallest absolute Gasteiger partial charge is 0.315 e. The van der Waals surface area contributed by atoms with E-state index in [1.54, 1.807) is 0 Å². The predicted molar refractivity (Wildman–Crippen MR) is 98.2 cm³/mol. The molecule has 1 saturated heterocycles. The molecule has 1 aromatic carbocycles. The summed E-state index contributed by atoms with van der Waals surface area (Å²) in [6.07, 6.45) is 4.22. The van der Waals surface area contributed by atoms with E-state index in [-0.39, 0.29) is 28.6 Å². The van der Waals surface area contributed by atoms with Gasteiger partial charge in [-0.25, -0.2) is 4.79 Å². The molecule has 24 heavy (non-hydrogen) atoms.